The van der Waals surface area contributed by atoms with Crippen molar-refractivity contribution in [3.63, 3.8) is 0 Å². The molecule has 1 nitrogen and oxygen atoms in total. The van der Waals surface area contributed by atoms with Gasteiger partial charge in [-0.25, -0.2) is 0 Å². The van der Waals surface area contributed by atoms with Gasteiger partial charge in [0.2, 0.25) is 0 Å². The molecule has 1 unspecified atom stereocenters. The zero-order valence-electron chi connectivity index (χ0n) is 10.0. The van der Waals surface area contributed by atoms with E-state index < -0.39 is 0 Å². The summed E-state index contributed by atoms with van der Waals surface area (Å²) in [6.45, 7) is 2.99. The van der Waals surface area contributed by atoms with Crippen molar-refractivity contribution in [2.45, 2.75) is 13.0 Å². The summed E-state index contributed by atoms with van der Waals surface area (Å²) in [6.07, 6.45) is 0. The molecule has 102 valence electrons. The molecule has 0 saturated carbocycles. The van der Waals surface area contributed by atoms with Gasteiger partial charge >= 0.3 is 0 Å². The second kappa shape index (κ2) is 7.05. The molecule has 0 aliphatic carbocycles. The van der Waals surface area contributed by atoms with Crippen LogP contribution in [0.5, 0.6) is 0 Å². The Kier molecular flexibility index (Phi) is 5.93. The van der Waals surface area contributed by atoms with Crippen molar-refractivity contribution in [1.82, 2.24) is 5.32 Å². The highest BCUT2D eigenvalue weighted by Gasteiger charge is 2.19. The molecule has 6 heteroatoms. The monoisotopic (exact) mass is 485 g/mol. The summed E-state index contributed by atoms with van der Waals surface area (Å²) in [7, 11) is 0. The van der Waals surface area contributed by atoms with Crippen LogP contribution in [0.1, 0.15) is 23.4 Å². The van der Waals surface area contributed by atoms with E-state index >= 15 is 0 Å². The summed E-state index contributed by atoms with van der Waals surface area (Å²) in [5, 5.41) is 3.50. The second-order valence-corrected chi connectivity index (χ2v) is 8.24. The fourth-order valence-corrected chi connectivity index (χ4v) is 4.49. The highest BCUT2D eigenvalue weighted by Crippen LogP contribution is 2.39. The molecule has 0 amide bonds. The van der Waals surface area contributed by atoms with Gasteiger partial charge in [0.05, 0.1) is 6.04 Å². The van der Waals surface area contributed by atoms with Gasteiger partial charge in [-0.1, -0.05) is 50.4 Å². The topological polar surface area (TPSA) is 12.0 Å². The Hall–Kier alpha value is 0.610. The summed E-state index contributed by atoms with van der Waals surface area (Å²) >= 11 is 18.4. The standard InChI is InChI=1S/C13H11Br3ClNS/c1-2-18-12(11-6-10(16)13(17)19-11)8-5-7(14)3-4-9(8)15/h3-6,12,18H,2H2,1H3. The van der Waals surface area contributed by atoms with E-state index in [9.17, 15) is 0 Å². The minimum atomic E-state index is 0.130. The number of nitrogens with one attached hydrogen (secondary N) is 1. The average molecular weight is 488 g/mol. The lowest BCUT2D eigenvalue weighted by Gasteiger charge is -2.18. The van der Waals surface area contributed by atoms with Gasteiger partial charge in [0, 0.05) is 18.3 Å². The second-order valence-electron chi connectivity index (χ2n) is 3.93. The van der Waals surface area contributed by atoms with E-state index in [0.717, 1.165) is 24.3 Å². The van der Waals surface area contributed by atoms with Crippen molar-refractivity contribution in [3.8, 4) is 0 Å². The third-order valence-electron chi connectivity index (χ3n) is 2.63. The number of hydrogen-bond acceptors (Lipinski definition) is 2. The Morgan fingerprint density at radius 3 is 2.53 bits per heavy atom. The van der Waals surface area contributed by atoms with Crippen LogP contribution in [0.2, 0.25) is 4.34 Å². The average Bonchev–Trinajstić information content (AvgIpc) is 2.70. The first-order valence-electron chi connectivity index (χ1n) is 5.66. The molecule has 0 aliphatic heterocycles. The summed E-state index contributed by atoms with van der Waals surface area (Å²) < 4.78 is 3.88. The molecule has 1 N–H and O–H groups in total. The van der Waals surface area contributed by atoms with E-state index in [2.05, 4.69) is 72.2 Å². The van der Waals surface area contributed by atoms with E-state index in [1.807, 2.05) is 12.1 Å². The molecule has 0 radical (unpaired) electrons. The van der Waals surface area contributed by atoms with Crippen LogP contribution < -0.4 is 5.32 Å². The Morgan fingerprint density at radius 1 is 1.21 bits per heavy atom. The van der Waals surface area contributed by atoms with Crippen LogP contribution in [0.15, 0.2) is 37.7 Å². The molecule has 2 rings (SSSR count). The Labute approximate surface area is 147 Å². The van der Waals surface area contributed by atoms with E-state index in [-0.39, 0.29) is 6.04 Å². The van der Waals surface area contributed by atoms with Crippen LogP contribution in [-0.4, -0.2) is 6.54 Å². The fourth-order valence-electron chi connectivity index (χ4n) is 1.81. The lowest BCUT2D eigenvalue weighted by Crippen LogP contribution is -2.21. The van der Waals surface area contributed by atoms with Crippen molar-refractivity contribution in [2.75, 3.05) is 6.54 Å². The van der Waals surface area contributed by atoms with Gasteiger partial charge in [0.1, 0.15) is 4.34 Å². The van der Waals surface area contributed by atoms with Gasteiger partial charge in [-0.05, 0) is 52.3 Å². The molecule has 0 fully saturated rings. The fraction of sp³-hybridized carbons (Fsp3) is 0.231. The molecule has 0 aliphatic rings. The lowest BCUT2D eigenvalue weighted by molar-refractivity contribution is 0.637. The largest absolute Gasteiger partial charge is 0.306 e. The highest BCUT2D eigenvalue weighted by atomic mass is 79.9. The number of thiophene rings is 1. The quantitative estimate of drug-likeness (QED) is 0.526. The van der Waals surface area contributed by atoms with Gasteiger partial charge < -0.3 is 5.32 Å². The van der Waals surface area contributed by atoms with Crippen molar-refractivity contribution in [1.29, 1.82) is 0 Å². The number of benzene rings is 1. The van der Waals surface area contributed by atoms with Crippen molar-refractivity contribution >= 4 is 70.7 Å². The molecule has 2 aromatic rings. The smallest absolute Gasteiger partial charge is 0.107 e. The summed E-state index contributed by atoms with van der Waals surface area (Å²) in [4.78, 5) is 1.19. The van der Waals surface area contributed by atoms with Gasteiger partial charge in [-0.3, -0.25) is 0 Å². The van der Waals surface area contributed by atoms with Crippen LogP contribution in [0, 0.1) is 0 Å². The van der Waals surface area contributed by atoms with E-state index in [1.54, 1.807) is 11.3 Å². The summed E-state index contributed by atoms with van der Waals surface area (Å²) in [5.74, 6) is 0. The van der Waals surface area contributed by atoms with Crippen molar-refractivity contribution in [2.24, 2.45) is 0 Å². The minimum absolute atomic E-state index is 0.130. The number of hydrogen-bond donors (Lipinski definition) is 1. The van der Waals surface area contributed by atoms with E-state index in [4.69, 9.17) is 11.6 Å². The van der Waals surface area contributed by atoms with Gasteiger partial charge in [-0.15, -0.1) is 11.3 Å². The molecule has 0 saturated heterocycles. The molecule has 1 heterocycles. The van der Waals surface area contributed by atoms with Gasteiger partial charge in [0.25, 0.3) is 0 Å². The maximum Gasteiger partial charge on any atom is 0.107 e. The summed E-state index contributed by atoms with van der Waals surface area (Å²) in [6, 6.07) is 8.40. The first kappa shape index (κ1) is 16.0. The number of rotatable bonds is 4. The predicted molar refractivity (Wildman–Crippen MR) is 94.4 cm³/mol. The van der Waals surface area contributed by atoms with Crippen LogP contribution in [0.3, 0.4) is 0 Å². The molecule has 1 aromatic carbocycles. The van der Waals surface area contributed by atoms with E-state index in [1.165, 1.54) is 10.4 Å². The predicted octanol–water partition coefficient (Wildman–Crippen LogP) is 6.39. The Morgan fingerprint density at radius 2 is 1.95 bits per heavy atom. The SMILES string of the molecule is CCNC(c1cc(Br)c(Cl)s1)c1cc(Br)ccc1Br. The van der Waals surface area contributed by atoms with E-state index in [0.29, 0.717) is 0 Å². The molecule has 1 aromatic heterocycles. The molecular weight excluding hydrogens is 477 g/mol. The zero-order chi connectivity index (χ0) is 14.0. The first-order chi connectivity index (χ1) is 9.02. The minimum Gasteiger partial charge on any atom is -0.306 e. The Bertz CT molecular complexity index is 566. The molecule has 1 atom stereocenters. The number of halogens is 4. The van der Waals surface area contributed by atoms with Crippen LogP contribution >= 0.6 is 70.7 Å². The maximum atomic E-state index is 6.16. The first-order valence-corrected chi connectivity index (χ1v) is 9.23. The lowest BCUT2D eigenvalue weighted by atomic mass is 10.1. The highest BCUT2D eigenvalue weighted by molar-refractivity contribution is 9.11. The summed E-state index contributed by atoms with van der Waals surface area (Å²) in [5.41, 5.74) is 1.20. The Balaban J connectivity index is 2.47. The van der Waals surface area contributed by atoms with Gasteiger partial charge in [-0.2, -0.15) is 0 Å². The third-order valence-corrected chi connectivity index (χ3v) is 6.38. The molecule has 0 bridgehead atoms. The van der Waals surface area contributed by atoms with Crippen molar-refractivity contribution < 1.29 is 0 Å². The van der Waals surface area contributed by atoms with Gasteiger partial charge in [0.15, 0.2) is 0 Å². The third kappa shape index (κ3) is 3.83. The van der Waals surface area contributed by atoms with Crippen LogP contribution in [-0.2, 0) is 0 Å². The van der Waals surface area contributed by atoms with Crippen molar-refractivity contribution in [3.05, 3.63) is 52.5 Å². The normalized spacial score (nSPS) is 12.7. The zero-order valence-corrected chi connectivity index (χ0v) is 16.3. The van der Waals surface area contributed by atoms with Crippen LogP contribution in [0.25, 0.3) is 0 Å². The molecule has 0 spiro atoms. The molecule has 19 heavy (non-hydrogen) atoms. The maximum absolute atomic E-state index is 6.16. The molecular formula is C13H11Br3ClNS. The van der Waals surface area contributed by atoms with Crippen LogP contribution in [0.4, 0.5) is 0 Å².